The monoisotopic (exact) mass is 862 g/mol. The largest absolute Gasteiger partial charge is 0.472 e. The first-order valence-electron chi connectivity index (χ1n) is 20.6. The van der Waals surface area contributed by atoms with Gasteiger partial charge in [-0.15, -0.1) is 0 Å². The van der Waals surface area contributed by atoms with E-state index in [0.29, 0.717) is 31.5 Å². The second-order valence-electron chi connectivity index (χ2n) is 15.5. The molecule has 9 N–H and O–H groups in total. The number of imidazole rings is 1. The van der Waals surface area contributed by atoms with Gasteiger partial charge in [-0.3, -0.25) is 37.8 Å². The highest BCUT2D eigenvalue weighted by Gasteiger charge is 2.37. The fourth-order valence-corrected chi connectivity index (χ4v) is 7.85. The molecule has 60 heavy (non-hydrogen) atoms. The number of carbonyl (C=O) groups excluding carboxylic acids is 6. The second-order valence-corrected chi connectivity index (χ2v) is 16.9. The molecule has 1 unspecified atom stereocenters. The normalized spacial score (nSPS) is 17.4. The highest BCUT2D eigenvalue weighted by Crippen LogP contribution is 2.45. The van der Waals surface area contributed by atoms with E-state index in [0.717, 1.165) is 38.5 Å². The number of phosphoric ester groups is 1. The number of unbranched alkanes of at least 4 members (excludes halogenated alkanes) is 5. The molecular weight excluding hydrogens is 799 g/mol. The summed E-state index contributed by atoms with van der Waals surface area (Å²) in [5.74, 6) is -4.69. The lowest BCUT2D eigenvalue weighted by atomic mass is 10.0. The number of hydrogen-bond donors (Lipinski definition) is 8. The number of carbonyl (C=O) groups is 6. The third-order valence-electron chi connectivity index (χ3n) is 10.1. The average Bonchev–Trinajstić information content (AvgIpc) is 3.91. The molecule has 0 saturated carbocycles. The van der Waals surface area contributed by atoms with Crippen LogP contribution in [0.3, 0.4) is 0 Å². The van der Waals surface area contributed by atoms with Gasteiger partial charge in [-0.1, -0.05) is 69.9 Å². The Balaban J connectivity index is 1.56. The SMILES string of the molecule is CC(=O)N1CCC[C@H]1C(=O)N[C@@H](CC(C)C)C(=O)N[C@@H](Cc1cnc[nH]1)C(=O)N[C@@H](CO)C(=O)N[C@@H](C(N)=O)[C@@H](C)OP(=O)(O)OCCCCCCCCc1ccccc1. The number of nitrogens with two attached hydrogens (primary N) is 1. The van der Waals surface area contributed by atoms with Gasteiger partial charge in [0.25, 0.3) is 0 Å². The fraction of sp³-hybridized carbons (Fsp3) is 0.625. The van der Waals surface area contributed by atoms with Crippen LogP contribution in [0.15, 0.2) is 42.9 Å². The first-order chi connectivity index (χ1) is 28.5. The topological polar surface area (TPSA) is 284 Å². The molecule has 1 saturated heterocycles. The van der Waals surface area contributed by atoms with Crippen LogP contribution in [-0.4, -0.2) is 116 Å². The number of aromatic amines is 1. The second kappa shape index (κ2) is 25.2. The van der Waals surface area contributed by atoms with E-state index in [1.807, 2.05) is 32.0 Å². The van der Waals surface area contributed by atoms with Crippen molar-refractivity contribution in [2.75, 3.05) is 19.8 Å². The molecule has 0 radical (unpaired) electrons. The fourth-order valence-electron chi connectivity index (χ4n) is 6.89. The molecule has 20 heteroatoms. The summed E-state index contributed by atoms with van der Waals surface area (Å²) in [7, 11) is -4.70. The number of H-pyrrole nitrogens is 1. The zero-order valence-electron chi connectivity index (χ0n) is 35.0. The molecule has 334 valence electrons. The molecule has 0 aliphatic carbocycles. The van der Waals surface area contributed by atoms with Crippen LogP contribution in [0, 0.1) is 5.92 Å². The third kappa shape index (κ3) is 17.1. The molecule has 3 rings (SSSR count). The first-order valence-corrected chi connectivity index (χ1v) is 22.1. The van der Waals surface area contributed by atoms with Crippen LogP contribution in [0.5, 0.6) is 0 Å². The van der Waals surface area contributed by atoms with Crippen molar-refractivity contribution in [2.24, 2.45) is 11.7 Å². The Morgan fingerprint density at radius 3 is 2.17 bits per heavy atom. The van der Waals surface area contributed by atoms with Crippen LogP contribution in [-0.2, 0) is 55.2 Å². The molecular formula is C40H63N8O11P. The van der Waals surface area contributed by atoms with Crippen LogP contribution < -0.4 is 27.0 Å². The van der Waals surface area contributed by atoms with E-state index >= 15 is 0 Å². The van der Waals surface area contributed by atoms with Gasteiger partial charge in [-0.2, -0.15) is 0 Å². The van der Waals surface area contributed by atoms with Crippen molar-refractivity contribution in [3.63, 3.8) is 0 Å². The van der Waals surface area contributed by atoms with Gasteiger partial charge in [-0.05, 0) is 56.9 Å². The van der Waals surface area contributed by atoms with Crippen molar-refractivity contribution in [3.05, 3.63) is 54.1 Å². The molecule has 19 nitrogen and oxygen atoms in total. The quantitative estimate of drug-likeness (QED) is 0.0469. The molecule has 6 amide bonds. The molecule has 1 fully saturated rings. The van der Waals surface area contributed by atoms with Crippen LogP contribution in [0.2, 0.25) is 0 Å². The van der Waals surface area contributed by atoms with Gasteiger partial charge in [0.2, 0.25) is 35.4 Å². The van der Waals surface area contributed by atoms with Crippen molar-refractivity contribution < 1.29 is 52.4 Å². The van der Waals surface area contributed by atoms with Crippen molar-refractivity contribution in [3.8, 4) is 0 Å². The Hall–Kier alpha value is -4.68. The predicted octanol–water partition coefficient (Wildman–Crippen LogP) is 1.53. The molecule has 0 spiro atoms. The summed E-state index contributed by atoms with van der Waals surface area (Å²) in [4.78, 5) is 97.1. The number of nitrogens with zero attached hydrogens (tertiary/aromatic N) is 2. The van der Waals surface area contributed by atoms with Crippen LogP contribution in [0.25, 0.3) is 0 Å². The molecule has 2 aromatic rings. The van der Waals surface area contributed by atoms with E-state index in [-0.39, 0.29) is 31.3 Å². The zero-order valence-corrected chi connectivity index (χ0v) is 35.9. The number of aliphatic hydroxyl groups is 1. The highest BCUT2D eigenvalue weighted by molar-refractivity contribution is 7.47. The molecule has 1 aliphatic rings. The van der Waals surface area contributed by atoms with Gasteiger partial charge in [0.1, 0.15) is 30.2 Å². The number of likely N-dealkylation sites (tertiary alicyclic amines) is 1. The van der Waals surface area contributed by atoms with Gasteiger partial charge >= 0.3 is 7.82 Å². The number of hydrogen-bond acceptors (Lipinski definition) is 11. The standard InChI is InChI=1S/C40H63N8O11P/c1-26(2)21-31(45-40(55)34-18-14-19-48(34)28(4)50)37(52)44-32(22-30-23-42-25-43-30)38(53)46-33(24-49)39(54)47-35(36(41)51)27(3)59-60(56,57)58-20-13-8-6-5-7-10-15-29-16-11-9-12-17-29/h9,11-12,16-17,23,25-27,31-35,49H,5-8,10,13-15,18-22,24H2,1-4H3,(H2,41,51)(H,42,43)(H,44,52)(H,45,55)(H,46,53)(H,47,54)(H,56,57)/t27-,31+,32+,33+,34+,35-/m1/s1. The summed E-state index contributed by atoms with van der Waals surface area (Å²) in [6.45, 7) is 5.65. The number of aromatic nitrogens is 2. The van der Waals surface area contributed by atoms with Crippen LogP contribution >= 0.6 is 7.82 Å². The maximum absolute atomic E-state index is 13.7. The minimum Gasteiger partial charge on any atom is -0.394 e. The minimum absolute atomic E-state index is 0.0672. The van der Waals surface area contributed by atoms with Crippen molar-refractivity contribution in [1.82, 2.24) is 36.1 Å². The summed E-state index contributed by atoms with van der Waals surface area (Å²) >= 11 is 0. The number of rotatable bonds is 27. The lowest BCUT2D eigenvalue weighted by Gasteiger charge is -2.28. The Morgan fingerprint density at radius 2 is 1.55 bits per heavy atom. The number of benzene rings is 1. The number of primary amides is 1. The molecule has 2 heterocycles. The summed E-state index contributed by atoms with van der Waals surface area (Å²) in [5, 5.41) is 20.1. The smallest absolute Gasteiger partial charge is 0.394 e. The Labute approximate surface area is 351 Å². The predicted molar refractivity (Wildman–Crippen MR) is 220 cm³/mol. The van der Waals surface area contributed by atoms with Gasteiger partial charge in [0, 0.05) is 31.8 Å². The van der Waals surface area contributed by atoms with E-state index in [1.165, 1.54) is 36.8 Å². The molecule has 1 aromatic carbocycles. The number of aliphatic hydroxyl groups excluding tert-OH is 1. The van der Waals surface area contributed by atoms with E-state index in [1.54, 1.807) is 0 Å². The number of nitrogens with one attached hydrogen (secondary N) is 5. The Morgan fingerprint density at radius 1 is 0.917 bits per heavy atom. The van der Waals surface area contributed by atoms with Gasteiger partial charge in [0.05, 0.1) is 25.6 Å². The zero-order chi connectivity index (χ0) is 44.2. The van der Waals surface area contributed by atoms with E-state index < -0.39 is 80.3 Å². The maximum atomic E-state index is 13.7. The van der Waals surface area contributed by atoms with E-state index in [4.69, 9.17) is 14.8 Å². The average molecular weight is 863 g/mol. The Bertz CT molecular complexity index is 1730. The number of amides is 6. The van der Waals surface area contributed by atoms with Crippen molar-refractivity contribution >= 4 is 43.3 Å². The van der Waals surface area contributed by atoms with Gasteiger partial charge in [-0.25, -0.2) is 9.55 Å². The summed E-state index contributed by atoms with van der Waals surface area (Å²) in [6.07, 6.45) is 8.73. The lowest BCUT2D eigenvalue weighted by Crippen LogP contribution is -2.61. The molecule has 1 aliphatic heterocycles. The van der Waals surface area contributed by atoms with Crippen molar-refractivity contribution in [2.45, 2.75) is 135 Å². The summed E-state index contributed by atoms with van der Waals surface area (Å²) in [5.41, 5.74) is 7.23. The third-order valence-corrected chi connectivity index (χ3v) is 11.2. The first kappa shape index (κ1) is 49.7. The number of phosphoric acid groups is 1. The van der Waals surface area contributed by atoms with Gasteiger partial charge < -0.3 is 46.9 Å². The van der Waals surface area contributed by atoms with Crippen LogP contribution in [0.4, 0.5) is 0 Å². The summed E-state index contributed by atoms with van der Waals surface area (Å²) in [6, 6.07) is 3.65. The van der Waals surface area contributed by atoms with E-state index in [2.05, 4.69) is 43.4 Å². The molecule has 1 aromatic heterocycles. The Kier molecular flexibility index (Phi) is 20.8. The maximum Gasteiger partial charge on any atom is 0.472 e. The lowest BCUT2D eigenvalue weighted by molar-refractivity contribution is -0.139. The number of aryl methyl sites for hydroxylation is 1. The van der Waals surface area contributed by atoms with Crippen LogP contribution in [0.1, 0.15) is 96.7 Å². The summed E-state index contributed by atoms with van der Waals surface area (Å²) < 4.78 is 22.9. The van der Waals surface area contributed by atoms with Crippen molar-refractivity contribution in [1.29, 1.82) is 0 Å². The van der Waals surface area contributed by atoms with Gasteiger partial charge in [0.15, 0.2) is 0 Å². The van der Waals surface area contributed by atoms with E-state index in [9.17, 15) is 43.3 Å². The minimum atomic E-state index is -4.70. The molecule has 0 bridgehead atoms. The molecule has 7 atom stereocenters. The highest BCUT2D eigenvalue weighted by atomic mass is 31.2.